The Morgan fingerprint density at radius 3 is 2.44 bits per heavy atom. The van der Waals surface area contributed by atoms with Gasteiger partial charge in [-0.3, -0.25) is 0 Å². The van der Waals surface area contributed by atoms with Crippen molar-refractivity contribution in [3.63, 3.8) is 0 Å². The molecule has 0 saturated heterocycles. The molecule has 0 aromatic heterocycles. The summed E-state index contributed by atoms with van der Waals surface area (Å²) in [6, 6.07) is 9.10. The van der Waals surface area contributed by atoms with Gasteiger partial charge in [-0.25, -0.2) is 4.21 Å². The van der Waals surface area contributed by atoms with E-state index in [2.05, 4.69) is 11.3 Å². The second-order valence-corrected chi connectivity index (χ2v) is 7.55. The van der Waals surface area contributed by atoms with Crippen LogP contribution >= 0.6 is 0 Å². The van der Waals surface area contributed by atoms with Crippen molar-refractivity contribution in [2.24, 2.45) is 0 Å². The van der Waals surface area contributed by atoms with Gasteiger partial charge >= 0.3 is 0 Å². The molecule has 25 heavy (non-hydrogen) atoms. The molecule has 0 aliphatic rings. The highest BCUT2D eigenvalue weighted by Gasteiger charge is 2.12. The summed E-state index contributed by atoms with van der Waals surface area (Å²) in [6.45, 7) is 11.6. The van der Waals surface area contributed by atoms with E-state index >= 15 is 0 Å². The Kier molecular flexibility index (Phi) is 6.26. The molecule has 5 heteroatoms. The maximum Gasteiger partial charge on any atom is 0.133 e. The van der Waals surface area contributed by atoms with Crippen LogP contribution in [0.5, 0.6) is 17.2 Å². The number of hydrogen-bond donors (Lipinski definition) is 2. The zero-order chi connectivity index (χ0) is 18.6. The Labute approximate surface area is 152 Å². The normalized spacial score (nSPS) is 12.0. The van der Waals surface area contributed by atoms with Crippen molar-refractivity contribution in [2.75, 3.05) is 10.5 Å². The number of phenolic OH excluding ortho intramolecular Hbond substituents is 1. The van der Waals surface area contributed by atoms with E-state index in [-0.39, 0.29) is 11.7 Å². The molecule has 0 bridgehead atoms. The summed E-state index contributed by atoms with van der Waals surface area (Å²) in [7, 11) is -1.18. The van der Waals surface area contributed by atoms with Gasteiger partial charge in [0.15, 0.2) is 0 Å². The summed E-state index contributed by atoms with van der Waals surface area (Å²) in [5.74, 6) is 2.32. The molecule has 0 aliphatic carbocycles. The van der Waals surface area contributed by atoms with Gasteiger partial charge in [0.05, 0.1) is 5.75 Å². The monoisotopic (exact) mass is 359 g/mol. The van der Waals surface area contributed by atoms with Crippen LogP contribution in [0.2, 0.25) is 0 Å². The molecule has 0 saturated carbocycles. The fourth-order valence-electron chi connectivity index (χ4n) is 2.63. The molecule has 0 aliphatic heterocycles. The first kappa shape index (κ1) is 19.1. The lowest BCUT2D eigenvalue weighted by molar-refractivity contribution is 0.452. The summed E-state index contributed by atoms with van der Waals surface area (Å²) in [5.41, 5.74) is 3.52. The quantitative estimate of drug-likeness (QED) is 0.669. The predicted octanol–water partition coefficient (Wildman–Crippen LogP) is 5.19. The number of aryl methyl sites for hydroxylation is 2. The van der Waals surface area contributed by atoms with Gasteiger partial charge in [-0.2, -0.15) is 0 Å². The number of ether oxygens (including phenoxy) is 1. The first-order valence-electron chi connectivity index (χ1n) is 8.19. The van der Waals surface area contributed by atoms with Crippen LogP contribution in [0.3, 0.4) is 0 Å². The van der Waals surface area contributed by atoms with E-state index in [1.54, 1.807) is 18.2 Å². The molecule has 0 heterocycles. The Hall–Kier alpha value is -2.27. The number of rotatable bonds is 7. The lowest BCUT2D eigenvalue weighted by Gasteiger charge is -2.16. The van der Waals surface area contributed by atoms with Crippen LogP contribution in [0.25, 0.3) is 0 Å². The average Bonchev–Trinajstić information content (AvgIpc) is 2.52. The maximum atomic E-state index is 11.8. The largest absolute Gasteiger partial charge is 0.508 e. The molecular weight excluding hydrogens is 334 g/mol. The molecule has 4 nitrogen and oxygen atoms in total. The van der Waals surface area contributed by atoms with Crippen molar-refractivity contribution < 1.29 is 14.1 Å². The summed E-state index contributed by atoms with van der Waals surface area (Å²) in [5, 5.41) is 9.94. The first-order valence-corrected chi connectivity index (χ1v) is 9.51. The van der Waals surface area contributed by atoms with Crippen molar-refractivity contribution in [1.29, 1.82) is 0 Å². The fraction of sp³-hybridized carbons (Fsp3) is 0.300. The Morgan fingerprint density at radius 1 is 1.24 bits per heavy atom. The number of phenols is 1. The predicted molar refractivity (Wildman–Crippen MR) is 105 cm³/mol. The molecule has 2 aromatic rings. The topological polar surface area (TPSA) is 58.6 Å². The molecular formula is C20H25NO3S. The third kappa shape index (κ3) is 4.86. The summed E-state index contributed by atoms with van der Waals surface area (Å²) >= 11 is 0. The van der Waals surface area contributed by atoms with Crippen molar-refractivity contribution in [2.45, 2.75) is 33.6 Å². The van der Waals surface area contributed by atoms with E-state index in [0.717, 1.165) is 28.1 Å². The molecule has 2 N–H and O–H groups in total. The smallest absolute Gasteiger partial charge is 0.133 e. The number of benzene rings is 2. The first-order chi connectivity index (χ1) is 11.8. The summed E-state index contributed by atoms with van der Waals surface area (Å²) < 4.78 is 20.8. The summed E-state index contributed by atoms with van der Waals surface area (Å²) in [4.78, 5) is 0. The van der Waals surface area contributed by atoms with Gasteiger partial charge in [-0.1, -0.05) is 19.9 Å². The molecule has 0 radical (unpaired) electrons. The zero-order valence-electron chi connectivity index (χ0n) is 15.1. The fourth-order valence-corrected chi connectivity index (χ4v) is 3.30. The van der Waals surface area contributed by atoms with Gasteiger partial charge in [-0.05, 0) is 61.2 Å². The zero-order valence-corrected chi connectivity index (χ0v) is 15.9. The van der Waals surface area contributed by atoms with Crippen molar-refractivity contribution in [3.8, 4) is 17.2 Å². The Bertz CT molecular complexity index is 777. The van der Waals surface area contributed by atoms with E-state index in [4.69, 9.17) is 4.74 Å². The van der Waals surface area contributed by atoms with Gasteiger partial charge in [-0.15, -0.1) is 6.58 Å². The van der Waals surface area contributed by atoms with Crippen LogP contribution in [-0.4, -0.2) is 15.1 Å². The highest BCUT2D eigenvalue weighted by atomic mass is 32.2. The van der Waals surface area contributed by atoms with Gasteiger partial charge in [0.25, 0.3) is 0 Å². The minimum atomic E-state index is -1.18. The van der Waals surface area contributed by atoms with E-state index < -0.39 is 11.0 Å². The summed E-state index contributed by atoms with van der Waals surface area (Å²) in [6.07, 6.45) is 1.62. The minimum absolute atomic E-state index is 0.206. The Morgan fingerprint density at radius 2 is 1.88 bits per heavy atom. The second-order valence-electron chi connectivity index (χ2n) is 6.32. The number of anilines is 1. The van der Waals surface area contributed by atoms with Crippen LogP contribution in [0.15, 0.2) is 43.0 Å². The highest BCUT2D eigenvalue weighted by molar-refractivity contribution is 7.86. The molecule has 2 rings (SSSR count). The van der Waals surface area contributed by atoms with E-state index in [1.807, 2.05) is 45.9 Å². The number of hydrogen-bond acceptors (Lipinski definition) is 3. The Balaban J connectivity index is 2.27. The average molecular weight is 359 g/mol. The molecule has 2 aromatic carbocycles. The minimum Gasteiger partial charge on any atom is -0.508 e. The lowest BCUT2D eigenvalue weighted by atomic mass is 10.0. The van der Waals surface area contributed by atoms with E-state index in [9.17, 15) is 9.32 Å². The molecule has 0 amide bonds. The van der Waals surface area contributed by atoms with Crippen LogP contribution in [0.4, 0.5) is 5.69 Å². The van der Waals surface area contributed by atoms with Crippen LogP contribution in [-0.2, 0) is 11.0 Å². The number of nitrogens with one attached hydrogen (secondary N) is 1. The molecule has 134 valence electrons. The maximum absolute atomic E-state index is 11.8. The van der Waals surface area contributed by atoms with Gasteiger partial charge in [0.2, 0.25) is 0 Å². The van der Waals surface area contributed by atoms with Crippen LogP contribution in [0, 0.1) is 13.8 Å². The van der Waals surface area contributed by atoms with Crippen LogP contribution in [0.1, 0.15) is 36.5 Å². The third-order valence-electron chi connectivity index (χ3n) is 3.80. The molecule has 0 fully saturated rings. The van der Waals surface area contributed by atoms with Gasteiger partial charge < -0.3 is 14.6 Å². The third-order valence-corrected chi connectivity index (χ3v) is 4.80. The molecule has 1 unspecified atom stereocenters. The van der Waals surface area contributed by atoms with E-state index in [1.165, 1.54) is 0 Å². The second kappa shape index (κ2) is 8.21. The molecule has 1 atom stereocenters. The van der Waals surface area contributed by atoms with Gasteiger partial charge in [0.1, 0.15) is 28.2 Å². The standard InChI is InChI=1S/C20H25NO3S/c1-6-9-25(23)21-16-10-14(4)20(15(5)11-16)24-17-7-8-19(22)18(12-17)13(2)3/h6-8,10-13,21-22H,1,9H2,2-5H3. The lowest BCUT2D eigenvalue weighted by Crippen LogP contribution is -2.07. The van der Waals surface area contributed by atoms with Crippen molar-refractivity contribution in [1.82, 2.24) is 0 Å². The number of aromatic hydroxyl groups is 1. The van der Waals surface area contributed by atoms with Crippen molar-refractivity contribution >= 4 is 16.7 Å². The van der Waals surface area contributed by atoms with Crippen LogP contribution < -0.4 is 9.46 Å². The molecule has 0 spiro atoms. The highest BCUT2D eigenvalue weighted by Crippen LogP contribution is 2.35. The van der Waals surface area contributed by atoms with E-state index in [0.29, 0.717) is 11.5 Å². The van der Waals surface area contributed by atoms with Crippen molar-refractivity contribution in [3.05, 3.63) is 59.7 Å². The van der Waals surface area contributed by atoms with Gasteiger partial charge in [0, 0.05) is 11.3 Å². The SMILES string of the molecule is C=CCS(=O)Nc1cc(C)c(Oc2ccc(O)c(C(C)C)c2)c(C)c1.